The number of nitrogens with one attached hydrogen (secondary N) is 2. The zero-order valence-corrected chi connectivity index (χ0v) is 17.2. The van der Waals surface area contributed by atoms with Crippen molar-refractivity contribution in [1.82, 2.24) is 20.2 Å². The molecule has 1 aliphatic carbocycles. The third kappa shape index (κ3) is 3.32. The van der Waals surface area contributed by atoms with Gasteiger partial charge in [-0.3, -0.25) is 5.10 Å². The van der Waals surface area contributed by atoms with E-state index >= 15 is 0 Å². The number of fused-ring (bicyclic) bond motifs is 4. The minimum absolute atomic E-state index is 0.0469. The Morgan fingerprint density at radius 2 is 2.24 bits per heavy atom. The van der Waals surface area contributed by atoms with E-state index in [4.69, 9.17) is 4.74 Å². The molecule has 0 fully saturated rings. The fourth-order valence-corrected chi connectivity index (χ4v) is 5.28. The third-order valence-corrected chi connectivity index (χ3v) is 6.52. The van der Waals surface area contributed by atoms with Crippen molar-refractivity contribution in [1.29, 1.82) is 0 Å². The highest BCUT2D eigenvalue weighted by Crippen LogP contribution is 2.41. The largest absolute Gasteiger partial charge is 0.489 e. The van der Waals surface area contributed by atoms with Crippen molar-refractivity contribution in [3.8, 4) is 5.75 Å². The molecule has 0 saturated carbocycles. The first kappa shape index (κ1) is 18.3. The highest BCUT2D eigenvalue weighted by Gasteiger charge is 2.25. The van der Waals surface area contributed by atoms with Crippen LogP contribution in [0.15, 0.2) is 24.7 Å². The summed E-state index contributed by atoms with van der Waals surface area (Å²) in [5.41, 5.74) is 3.10. The minimum atomic E-state index is 0.0469. The Balaban J connectivity index is 1.59. The minimum Gasteiger partial charge on any atom is -0.489 e. The van der Waals surface area contributed by atoms with Gasteiger partial charge in [-0.25, -0.2) is 9.97 Å². The highest BCUT2D eigenvalue weighted by atomic mass is 32.1. The molecule has 5 rings (SSSR count). The molecule has 7 nitrogen and oxygen atoms in total. The molecule has 0 bridgehead atoms. The van der Waals surface area contributed by atoms with Crippen molar-refractivity contribution in [2.75, 3.05) is 11.9 Å². The van der Waals surface area contributed by atoms with Crippen LogP contribution < -0.4 is 10.1 Å². The number of ether oxygens (including phenoxy) is 1. The molecule has 0 radical (unpaired) electrons. The normalized spacial score (nSPS) is 16.5. The lowest BCUT2D eigenvalue weighted by Gasteiger charge is -2.20. The second-order valence-electron chi connectivity index (χ2n) is 7.79. The van der Waals surface area contributed by atoms with E-state index in [9.17, 15) is 5.11 Å². The topological polar surface area (TPSA) is 96.0 Å². The van der Waals surface area contributed by atoms with Gasteiger partial charge in [0.15, 0.2) is 0 Å². The number of benzene rings is 1. The Bertz CT molecular complexity index is 1180. The van der Waals surface area contributed by atoms with Gasteiger partial charge in [0.1, 0.15) is 22.7 Å². The van der Waals surface area contributed by atoms with Gasteiger partial charge < -0.3 is 15.2 Å². The number of aryl methyl sites for hydroxylation is 1. The van der Waals surface area contributed by atoms with Crippen molar-refractivity contribution in [2.24, 2.45) is 5.92 Å². The zero-order valence-electron chi connectivity index (χ0n) is 16.4. The van der Waals surface area contributed by atoms with Crippen LogP contribution >= 0.6 is 11.3 Å². The number of aromatic nitrogens is 4. The van der Waals surface area contributed by atoms with E-state index in [1.165, 1.54) is 10.4 Å². The zero-order chi connectivity index (χ0) is 20.0. The van der Waals surface area contributed by atoms with Crippen molar-refractivity contribution in [2.45, 2.75) is 39.2 Å². The SMILES string of the molecule is CC(C)Oc1cc2[nH]ncc2cc1Nc1ncnc2sc3c(c12)CCC(CO)C3. The lowest BCUT2D eigenvalue weighted by molar-refractivity contribution is 0.214. The predicted octanol–water partition coefficient (Wildman–Crippen LogP) is 4.20. The first-order chi connectivity index (χ1) is 14.1. The number of hydrogen-bond acceptors (Lipinski definition) is 7. The average Bonchev–Trinajstić information content (AvgIpc) is 3.31. The summed E-state index contributed by atoms with van der Waals surface area (Å²) in [7, 11) is 0. The van der Waals surface area contributed by atoms with Gasteiger partial charge in [-0.15, -0.1) is 11.3 Å². The number of aliphatic hydroxyl groups excluding tert-OH is 1. The molecular weight excluding hydrogens is 386 g/mol. The van der Waals surface area contributed by atoms with E-state index < -0.39 is 0 Å². The van der Waals surface area contributed by atoms with E-state index in [2.05, 4.69) is 25.5 Å². The summed E-state index contributed by atoms with van der Waals surface area (Å²) in [4.78, 5) is 11.4. The van der Waals surface area contributed by atoms with Crippen LogP contribution in [0.3, 0.4) is 0 Å². The van der Waals surface area contributed by atoms with Gasteiger partial charge in [-0.05, 0) is 50.7 Å². The monoisotopic (exact) mass is 409 g/mol. The molecule has 0 saturated heterocycles. The number of aliphatic hydroxyl groups is 1. The Labute approximate surface area is 172 Å². The van der Waals surface area contributed by atoms with Crippen LogP contribution in [-0.2, 0) is 12.8 Å². The molecule has 4 aromatic rings. The lowest BCUT2D eigenvalue weighted by atomic mass is 9.88. The van der Waals surface area contributed by atoms with Gasteiger partial charge in [0, 0.05) is 22.9 Å². The van der Waals surface area contributed by atoms with Crippen molar-refractivity contribution < 1.29 is 9.84 Å². The summed E-state index contributed by atoms with van der Waals surface area (Å²) < 4.78 is 6.05. The molecule has 150 valence electrons. The molecule has 3 N–H and O–H groups in total. The number of rotatable bonds is 5. The Morgan fingerprint density at radius 1 is 1.34 bits per heavy atom. The summed E-state index contributed by atoms with van der Waals surface area (Å²) >= 11 is 1.71. The summed E-state index contributed by atoms with van der Waals surface area (Å²) in [5.74, 6) is 1.90. The smallest absolute Gasteiger partial charge is 0.145 e. The number of nitrogens with zero attached hydrogens (tertiary/aromatic N) is 3. The summed E-state index contributed by atoms with van der Waals surface area (Å²) in [6.45, 7) is 4.26. The number of hydrogen-bond donors (Lipinski definition) is 3. The van der Waals surface area contributed by atoms with E-state index in [1.54, 1.807) is 23.9 Å². The van der Waals surface area contributed by atoms with E-state index in [0.29, 0.717) is 5.92 Å². The van der Waals surface area contributed by atoms with E-state index in [1.807, 2.05) is 26.0 Å². The maximum atomic E-state index is 9.55. The molecule has 0 amide bonds. The molecule has 1 unspecified atom stereocenters. The molecule has 0 aliphatic heterocycles. The lowest BCUT2D eigenvalue weighted by Crippen LogP contribution is -2.15. The van der Waals surface area contributed by atoms with Crippen LogP contribution in [0.25, 0.3) is 21.1 Å². The quantitative estimate of drug-likeness (QED) is 0.457. The van der Waals surface area contributed by atoms with Gasteiger partial charge in [0.25, 0.3) is 0 Å². The maximum absolute atomic E-state index is 9.55. The van der Waals surface area contributed by atoms with E-state index in [-0.39, 0.29) is 12.7 Å². The average molecular weight is 410 g/mol. The van der Waals surface area contributed by atoms with Gasteiger partial charge in [-0.2, -0.15) is 5.10 Å². The highest BCUT2D eigenvalue weighted by molar-refractivity contribution is 7.19. The molecule has 1 atom stereocenters. The molecule has 8 heteroatoms. The summed E-state index contributed by atoms with van der Waals surface area (Å²) in [6.07, 6.45) is 6.30. The summed E-state index contributed by atoms with van der Waals surface area (Å²) in [5, 5.41) is 22.3. The van der Waals surface area contributed by atoms with Gasteiger partial charge >= 0.3 is 0 Å². The Kier molecular flexibility index (Phi) is 4.60. The van der Waals surface area contributed by atoms with Crippen LogP contribution in [0.1, 0.15) is 30.7 Å². The van der Waals surface area contributed by atoms with Crippen LogP contribution in [0.4, 0.5) is 11.5 Å². The predicted molar refractivity (Wildman–Crippen MR) is 115 cm³/mol. The molecule has 1 aromatic carbocycles. The molecule has 1 aliphatic rings. The van der Waals surface area contributed by atoms with Crippen molar-refractivity contribution in [3.05, 3.63) is 35.1 Å². The van der Waals surface area contributed by atoms with Crippen molar-refractivity contribution >= 4 is 44.0 Å². The molecule has 3 aromatic heterocycles. The summed E-state index contributed by atoms with van der Waals surface area (Å²) in [6, 6.07) is 4.00. The number of thiophene rings is 1. The van der Waals surface area contributed by atoms with Gasteiger partial charge in [0.05, 0.1) is 28.9 Å². The number of H-pyrrole nitrogens is 1. The molecule has 3 heterocycles. The third-order valence-electron chi connectivity index (χ3n) is 5.36. The van der Waals surface area contributed by atoms with Gasteiger partial charge in [-0.1, -0.05) is 0 Å². The molecule has 29 heavy (non-hydrogen) atoms. The second-order valence-corrected chi connectivity index (χ2v) is 8.88. The Hall–Kier alpha value is -2.71. The number of anilines is 2. The van der Waals surface area contributed by atoms with Crippen molar-refractivity contribution in [3.63, 3.8) is 0 Å². The number of aromatic amines is 1. The first-order valence-electron chi connectivity index (χ1n) is 9.89. The van der Waals surface area contributed by atoms with Gasteiger partial charge in [0.2, 0.25) is 0 Å². The Morgan fingerprint density at radius 3 is 3.07 bits per heavy atom. The van der Waals surface area contributed by atoms with E-state index in [0.717, 1.165) is 57.6 Å². The van der Waals surface area contributed by atoms with Crippen LogP contribution in [0, 0.1) is 5.92 Å². The standard InChI is InChI=1S/C21H23N5O2S/c1-11(2)28-17-7-15-13(8-24-26-15)6-16(17)25-20-19-14-4-3-12(9-27)5-18(14)29-21(19)23-10-22-20/h6-8,10-12,27H,3-5,9H2,1-2H3,(H,24,26)(H,22,23,25). The fraction of sp³-hybridized carbons (Fsp3) is 0.381. The maximum Gasteiger partial charge on any atom is 0.145 e. The fourth-order valence-electron chi connectivity index (χ4n) is 3.98. The first-order valence-corrected chi connectivity index (χ1v) is 10.7. The second kappa shape index (κ2) is 7.27. The van der Waals surface area contributed by atoms with Crippen LogP contribution in [0.5, 0.6) is 5.75 Å². The van der Waals surface area contributed by atoms with Crippen LogP contribution in [-0.4, -0.2) is 38.0 Å². The van der Waals surface area contributed by atoms with Crippen LogP contribution in [0.2, 0.25) is 0 Å². The molecule has 0 spiro atoms. The molecular formula is C21H23N5O2S.